The standard InChI is InChI=1S/C22H28N2O8S/c1-6-31-16-7-9-17(10-8-16)33(28,29)23-12-11-18(25)32-15(4)21(26)20-13(2)19(14(3)24-20)22(27)30-5/h7-10,15,23-24H,6,11-12H2,1-5H3. The predicted molar refractivity (Wildman–Crippen MR) is 119 cm³/mol. The fraction of sp³-hybridized carbons (Fsp3) is 0.409. The van der Waals surface area contributed by atoms with Crippen molar-refractivity contribution in [2.24, 2.45) is 0 Å². The predicted octanol–water partition coefficient (Wildman–Crippen LogP) is 2.30. The molecule has 0 radical (unpaired) electrons. The van der Waals surface area contributed by atoms with Gasteiger partial charge < -0.3 is 19.2 Å². The number of nitrogens with one attached hydrogen (secondary N) is 2. The molecule has 0 saturated heterocycles. The molecule has 1 aromatic heterocycles. The molecule has 0 bridgehead atoms. The topological polar surface area (TPSA) is 141 Å². The smallest absolute Gasteiger partial charge is 0.339 e. The van der Waals surface area contributed by atoms with Gasteiger partial charge in [0.05, 0.1) is 36.3 Å². The summed E-state index contributed by atoms with van der Waals surface area (Å²) in [6, 6.07) is 5.87. The molecule has 2 rings (SSSR count). The Hall–Kier alpha value is -3.18. The normalized spacial score (nSPS) is 12.2. The summed E-state index contributed by atoms with van der Waals surface area (Å²) in [5.41, 5.74) is 1.26. The molecule has 2 N–H and O–H groups in total. The number of hydrogen-bond donors (Lipinski definition) is 2. The van der Waals surface area contributed by atoms with Crippen molar-refractivity contribution in [2.45, 2.75) is 45.1 Å². The number of hydrogen-bond acceptors (Lipinski definition) is 8. The minimum absolute atomic E-state index is 0.0295. The molecule has 1 atom stereocenters. The highest BCUT2D eigenvalue weighted by Crippen LogP contribution is 2.21. The average Bonchev–Trinajstić information content (AvgIpc) is 3.06. The number of H-pyrrole nitrogens is 1. The maximum Gasteiger partial charge on any atom is 0.339 e. The molecule has 0 aliphatic carbocycles. The Labute approximate surface area is 192 Å². The monoisotopic (exact) mass is 480 g/mol. The molecule has 2 aromatic rings. The van der Waals surface area contributed by atoms with E-state index >= 15 is 0 Å². The molecule has 10 nitrogen and oxygen atoms in total. The molecule has 180 valence electrons. The zero-order valence-corrected chi connectivity index (χ0v) is 20.0. The number of methoxy groups -OCH3 is 1. The van der Waals surface area contributed by atoms with E-state index < -0.39 is 33.8 Å². The highest BCUT2D eigenvalue weighted by Gasteiger charge is 2.27. The lowest BCUT2D eigenvalue weighted by Gasteiger charge is -2.13. The van der Waals surface area contributed by atoms with Gasteiger partial charge in [-0.1, -0.05) is 0 Å². The van der Waals surface area contributed by atoms with Crippen LogP contribution >= 0.6 is 0 Å². The molecule has 0 spiro atoms. The number of Topliss-reactive ketones (excluding diaryl/α,β-unsaturated/α-hetero) is 1. The SMILES string of the molecule is CCOc1ccc(S(=O)(=O)NCCC(=O)OC(C)C(=O)c2[nH]c(C)c(C(=O)OC)c2C)cc1. The molecule has 1 heterocycles. The number of sulfonamides is 1. The largest absolute Gasteiger partial charge is 0.494 e. The Balaban J connectivity index is 1.93. The van der Waals surface area contributed by atoms with Gasteiger partial charge >= 0.3 is 11.9 Å². The molecule has 0 aliphatic rings. The summed E-state index contributed by atoms with van der Waals surface area (Å²) in [7, 11) is -2.58. The van der Waals surface area contributed by atoms with Crippen molar-refractivity contribution >= 4 is 27.7 Å². The van der Waals surface area contributed by atoms with E-state index in [0.29, 0.717) is 23.6 Å². The lowest BCUT2D eigenvalue weighted by molar-refractivity contribution is -0.146. The quantitative estimate of drug-likeness (QED) is 0.369. The first-order chi connectivity index (χ1) is 15.5. The first-order valence-electron chi connectivity index (χ1n) is 10.3. The number of esters is 2. The van der Waals surface area contributed by atoms with Crippen molar-refractivity contribution in [3.63, 3.8) is 0 Å². The molecule has 1 aromatic carbocycles. The molecular formula is C22H28N2O8S. The Morgan fingerprint density at radius 1 is 1.12 bits per heavy atom. The molecule has 0 amide bonds. The van der Waals surface area contributed by atoms with E-state index in [1.54, 1.807) is 13.8 Å². The van der Waals surface area contributed by atoms with Gasteiger partial charge in [-0.3, -0.25) is 9.59 Å². The van der Waals surface area contributed by atoms with Crippen molar-refractivity contribution in [3.05, 3.63) is 46.8 Å². The molecule has 33 heavy (non-hydrogen) atoms. The lowest BCUT2D eigenvalue weighted by atomic mass is 10.1. The van der Waals surface area contributed by atoms with Gasteiger partial charge in [-0.25, -0.2) is 17.9 Å². The van der Waals surface area contributed by atoms with Gasteiger partial charge in [-0.2, -0.15) is 0 Å². The average molecular weight is 481 g/mol. The number of ether oxygens (including phenoxy) is 3. The van der Waals surface area contributed by atoms with Crippen LogP contribution in [0.25, 0.3) is 0 Å². The van der Waals surface area contributed by atoms with Gasteiger partial charge in [0, 0.05) is 12.2 Å². The summed E-state index contributed by atoms with van der Waals surface area (Å²) in [6.45, 7) is 6.69. The minimum atomic E-state index is -3.82. The summed E-state index contributed by atoms with van der Waals surface area (Å²) in [6.07, 6.45) is -1.41. The minimum Gasteiger partial charge on any atom is -0.494 e. The number of rotatable bonds is 11. The summed E-state index contributed by atoms with van der Waals surface area (Å²) in [4.78, 5) is 39.6. The fourth-order valence-corrected chi connectivity index (χ4v) is 4.20. The number of carbonyl (C=O) groups is 3. The van der Waals surface area contributed by atoms with Gasteiger partial charge in [0.25, 0.3) is 0 Å². The first-order valence-corrected chi connectivity index (χ1v) is 11.7. The van der Waals surface area contributed by atoms with Crippen LogP contribution in [-0.2, 0) is 24.3 Å². The second-order valence-electron chi connectivity index (χ2n) is 7.17. The van der Waals surface area contributed by atoms with Crippen molar-refractivity contribution in [2.75, 3.05) is 20.3 Å². The van der Waals surface area contributed by atoms with Gasteiger partial charge in [-0.05, 0) is 57.5 Å². The Morgan fingerprint density at radius 3 is 2.33 bits per heavy atom. The first kappa shape index (κ1) is 26.1. The maximum absolute atomic E-state index is 12.7. The number of aromatic nitrogens is 1. The zero-order chi connectivity index (χ0) is 24.8. The molecule has 0 aliphatic heterocycles. The molecule has 1 unspecified atom stereocenters. The maximum atomic E-state index is 12.7. The van der Waals surface area contributed by atoms with E-state index in [2.05, 4.69) is 9.71 Å². The lowest BCUT2D eigenvalue weighted by Crippen LogP contribution is -2.29. The van der Waals surface area contributed by atoms with Gasteiger partial charge in [0.2, 0.25) is 15.8 Å². The van der Waals surface area contributed by atoms with Crippen LogP contribution < -0.4 is 9.46 Å². The summed E-state index contributed by atoms with van der Waals surface area (Å²) in [5, 5.41) is 0. The van der Waals surface area contributed by atoms with Gasteiger partial charge in [0.15, 0.2) is 6.10 Å². The van der Waals surface area contributed by atoms with Crippen LogP contribution in [0.2, 0.25) is 0 Å². The molecule has 11 heteroatoms. The van der Waals surface area contributed by atoms with Crippen molar-refractivity contribution in [3.8, 4) is 5.75 Å². The van der Waals surface area contributed by atoms with E-state index in [4.69, 9.17) is 14.2 Å². The summed E-state index contributed by atoms with van der Waals surface area (Å²) < 4.78 is 42.2. The molecular weight excluding hydrogens is 452 g/mol. The molecule has 0 fully saturated rings. The van der Waals surface area contributed by atoms with Crippen molar-refractivity contribution in [1.29, 1.82) is 0 Å². The van der Waals surface area contributed by atoms with Crippen molar-refractivity contribution < 1.29 is 37.0 Å². The zero-order valence-electron chi connectivity index (χ0n) is 19.2. The highest BCUT2D eigenvalue weighted by molar-refractivity contribution is 7.89. The van der Waals surface area contributed by atoms with Crippen LogP contribution in [0.15, 0.2) is 29.2 Å². The third-order valence-electron chi connectivity index (χ3n) is 4.82. The van der Waals surface area contributed by atoms with Crippen LogP contribution in [0.4, 0.5) is 0 Å². The van der Waals surface area contributed by atoms with Gasteiger partial charge in [-0.15, -0.1) is 0 Å². The number of aromatic amines is 1. The van der Waals surface area contributed by atoms with E-state index in [1.165, 1.54) is 38.3 Å². The third kappa shape index (κ3) is 6.42. The van der Waals surface area contributed by atoms with E-state index in [0.717, 1.165) is 0 Å². The number of carbonyl (C=O) groups excluding carboxylic acids is 3. The van der Waals surface area contributed by atoms with Crippen LogP contribution in [0, 0.1) is 13.8 Å². The number of ketones is 1. The van der Waals surface area contributed by atoms with Crippen LogP contribution in [0.1, 0.15) is 52.4 Å². The van der Waals surface area contributed by atoms with Crippen molar-refractivity contribution in [1.82, 2.24) is 9.71 Å². The second-order valence-corrected chi connectivity index (χ2v) is 8.93. The summed E-state index contributed by atoms with van der Waals surface area (Å²) in [5.74, 6) is -1.30. The number of aryl methyl sites for hydroxylation is 1. The Morgan fingerprint density at radius 2 is 1.76 bits per heavy atom. The van der Waals surface area contributed by atoms with E-state index in [1.807, 2.05) is 6.92 Å². The highest BCUT2D eigenvalue weighted by atomic mass is 32.2. The Kier molecular flexibility index (Phi) is 8.77. The van der Waals surface area contributed by atoms with Gasteiger partial charge in [0.1, 0.15) is 5.75 Å². The molecule has 0 saturated carbocycles. The van der Waals surface area contributed by atoms with Crippen LogP contribution in [-0.4, -0.2) is 57.5 Å². The second kappa shape index (κ2) is 11.1. The van der Waals surface area contributed by atoms with E-state index in [9.17, 15) is 22.8 Å². The van der Waals surface area contributed by atoms with Crippen LogP contribution in [0.5, 0.6) is 5.75 Å². The fourth-order valence-electron chi connectivity index (χ4n) is 3.17. The van der Waals surface area contributed by atoms with E-state index in [-0.39, 0.29) is 29.1 Å². The summed E-state index contributed by atoms with van der Waals surface area (Å²) >= 11 is 0. The van der Waals surface area contributed by atoms with Crippen LogP contribution in [0.3, 0.4) is 0 Å². The third-order valence-corrected chi connectivity index (χ3v) is 6.29. The number of benzene rings is 1. The Bertz CT molecular complexity index is 1120.